The fourth-order valence-electron chi connectivity index (χ4n) is 3.89. The van der Waals surface area contributed by atoms with Gasteiger partial charge in [-0.3, -0.25) is 4.90 Å². The minimum absolute atomic E-state index is 0.0968. The molecule has 5 nitrogen and oxygen atoms in total. The second-order valence-electron chi connectivity index (χ2n) is 6.88. The van der Waals surface area contributed by atoms with Gasteiger partial charge in [0.1, 0.15) is 0 Å². The molecule has 0 aliphatic carbocycles. The fourth-order valence-corrected chi connectivity index (χ4v) is 3.89. The van der Waals surface area contributed by atoms with Gasteiger partial charge in [-0.25, -0.2) is 0 Å². The second-order valence-corrected chi connectivity index (χ2v) is 6.88. The van der Waals surface area contributed by atoms with Crippen molar-refractivity contribution in [3.05, 3.63) is 53.1 Å². The van der Waals surface area contributed by atoms with Crippen molar-refractivity contribution in [2.75, 3.05) is 47.5 Å². The van der Waals surface area contributed by atoms with Crippen LogP contribution in [0.15, 0.2) is 36.4 Å². The van der Waals surface area contributed by atoms with Crippen LogP contribution in [-0.4, -0.2) is 52.4 Å². The van der Waals surface area contributed by atoms with Crippen molar-refractivity contribution >= 4 is 0 Å². The molecule has 0 spiro atoms. The average Bonchev–Trinajstić information content (AvgIpc) is 2.97. The van der Waals surface area contributed by atoms with Crippen molar-refractivity contribution in [1.82, 2.24) is 10.2 Å². The van der Waals surface area contributed by atoms with Crippen molar-refractivity contribution in [2.24, 2.45) is 0 Å². The zero-order valence-electron chi connectivity index (χ0n) is 16.7. The number of methoxy groups -OCH3 is 3. The van der Waals surface area contributed by atoms with Gasteiger partial charge in [-0.05, 0) is 37.6 Å². The van der Waals surface area contributed by atoms with Crippen molar-refractivity contribution in [3.63, 3.8) is 0 Å². The summed E-state index contributed by atoms with van der Waals surface area (Å²) in [6, 6.07) is 12.9. The van der Waals surface area contributed by atoms with E-state index in [2.05, 4.69) is 47.5 Å². The van der Waals surface area contributed by atoms with Crippen LogP contribution in [0, 0.1) is 6.92 Å². The quantitative estimate of drug-likeness (QED) is 0.844. The van der Waals surface area contributed by atoms with Crippen LogP contribution in [0.3, 0.4) is 0 Å². The molecule has 0 amide bonds. The highest BCUT2D eigenvalue weighted by Crippen LogP contribution is 2.45. The Morgan fingerprint density at radius 2 is 1.74 bits per heavy atom. The minimum Gasteiger partial charge on any atom is -0.493 e. The highest BCUT2D eigenvalue weighted by molar-refractivity contribution is 5.58. The first kappa shape index (κ1) is 19.5. The summed E-state index contributed by atoms with van der Waals surface area (Å²) in [5, 5.41) is 3.50. The van der Waals surface area contributed by atoms with Crippen LogP contribution in [-0.2, 0) is 0 Å². The number of hydrogen-bond donors (Lipinski definition) is 1. The first-order valence-electron chi connectivity index (χ1n) is 9.49. The summed E-state index contributed by atoms with van der Waals surface area (Å²) in [5.74, 6) is 2.06. The Labute approximate surface area is 162 Å². The Hall–Kier alpha value is -2.24. The lowest BCUT2D eigenvalue weighted by Crippen LogP contribution is -2.33. The maximum absolute atomic E-state index is 5.82. The van der Waals surface area contributed by atoms with Gasteiger partial charge in [0.15, 0.2) is 11.5 Å². The number of nitrogens with one attached hydrogen (secondary N) is 1. The minimum atomic E-state index is 0.0968. The lowest BCUT2D eigenvalue weighted by Gasteiger charge is -2.33. The zero-order valence-corrected chi connectivity index (χ0v) is 16.7. The van der Waals surface area contributed by atoms with Gasteiger partial charge in [0.25, 0.3) is 0 Å². The third-order valence-corrected chi connectivity index (χ3v) is 5.13. The Kier molecular flexibility index (Phi) is 6.58. The number of hydrogen-bond acceptors (Lipinski definition) is 5. The van der Waals surface area contributed by atoms with Gasteiger partial charge in [-0.1, -0.05) is 29.8 Å². The first-order chi connectivity index (χ1) is 13.2. The summed E-state index contributed by atoms with van der Waals surface area (Å²) in [6.45, 7) is 6.19. The molecule has 3 rings (SSSR count). The largest absolute Gasteiger partial charge is 0.493 e. The van der Waals surface area contributed by atoms with E-state index < -0.39 is 0 Å². The standard InChI is InChI=1S/C22H30N2O3/c1-16-7-5-8-17(15-16)20(24-13-6-11-23-12-14-24)18-9-10-19(25-2)22(27-4)21(18)26-3/h5,7-10,15,20,23H,6,11-14H2,1-4H3. The Bertz CT molecular complexity index is 755. The molecule has 0 bridgehead atoms. The first-order valence-corrected chi connectivity index (χ1v) is 9.49. The summed E-state index contributed by atoms with van der Waals surface area (Å²) in [4.78, 5) is 2.53. The molecular formula is C22H30N2O3. The van der Waals surface area contributed by atoms with Crippen molar-refractivity contribution in [1.29, 1.82) is 0 Å². The van der Waals surface area contributed by atoms with Gasteiger partial charge in [0.05, 0.1) is 27.4 Å². The smallest absolute Gasteiger partial charge is 0.203 e. The molecule has 1 atom stereocenters. The van der Waals surface area contributed by atoms with Gasteiger partial charge >= 0.3 is 0 Å². The normalized spacial score (nSPS) is 16.4. The molecule has 1 heterocycles. The van der Waals surface area contributed by atoms with E-state index in [1.807, 2.05) is 6.07 Å². The van der Waals surface area contributed by atoms with Gasteiger partial charge in [-0.15, -0.1) is 0 Å². The van der Waals surface area contributed by atoms with Crippen LogP contribution in [0.5, 0.6) is 17.2 Å². The molecule has 1 aliphatic rings. The van der Waals surface area contributed by atoms with E-state index in [-0.39, 0.29) is 6.04 Å². The zero-order chi connectivity index (χ0) is 19.2. The summed E-state index contributed by atoms with van der Waals surface area (Å²) >= 11 is 0. The number of rotatable bonds is 6. The number of benzene rings is 2. The van der Waals surface area contributed by atoms with Gasteiger partial charge in [0.2, 0.25) is 5.75 Å². The van der Waals surface area contributed by atoms with Crippen molar-refractivity contribution < 1.29 is 14.2 Å². The molecule has 1 unspecified atom stereocenters. The van der Waals surface area contributed by atoms with Crippen LogP contribution in [0.25, 0.3) is 0 Å². The molecular weight excluding hydrogens is 340 g/mol. The highest BCUT2D eigenvalue weighted by atomic mass is 16.5. The molecule has 2 aromatic carbocycles. The van der Waals surface area contributed by atoms with E-state index in [4.69, 9.17) is 14.2 Å². The van der Waals surface area contributed by atoms with Crippen LogP contribution < -0.4 is 19.5 Å². The third kappa shape index (κ3) is 4.20. The Balaban J connectivity index is 2.15. The summed E-state index contributed by atoms with van der Waals surface area (Å²) in [5.41, 5.74) is 3.62. The van der Waals surface area contributed by atoms with Gasteiger partial charge < -0.3 is 19.5 Å². The monoisotopic (exact) mass is 370 g/mol. The third-order valence-electron chi connectivity index (χ3n) is 5.13. The molecule has 0 radical (unpaired) electrons. The van der Waals surface area contributed by atoms with Crippen LogP contribution in [0.1, 0.15) is 29.2 Å². The van der Waals surface area contributed by atoms with E-state index in [0.29, 0.717) is 11.5 Å². The Morgan fingerprint density at radius 3 is 2.44 bits per heavy atom. The molecule has 5 heteroatoms. The summed E-state index contributed by atoms with van der Waals surface area (Å²) < 4.78 is 16.9. The lowest BCUT2D eigenvalue weighted by molar-refractivity contribution is 0.233. The van der Waals surface area contributed by atoms with Crippen molar-refractivity contribution in [3.8, 4) is 17.2 Å². The Morgan fingerprint density at radius 1 is 0.926 bits per heavy atom. The molecule has 1 fully saturated rings. The summed E-state index contributed by atoms with van der Waals surface area (Å²) in [6.07, 6.45) is 1.12. The molecule has 0 aromatic heterocycles. The predicted molar refractivity (Wildman–Crippen MR) is 108 cm³/mol. The van der Waals surface area contributed by atoms with Gasteiger partial charge in [0, 0.05) is 25.2 Å². The fraction of sp³-hybridized carbons (Fsp3) is 0.455. The molecule has 2 aromatic rings. The van der Waals surface area contributed by atoms with Crippen LogP contribution >= 0.6 is 0 Å². The van der Waals surface area contributed by atoms with E-state index in [9.17, 15) is 0 Å². The topological polar surface area (TPSA) is 43.0 Å². The van der Waals surface area contributed by atoms with E-state index in [0.717, 1.165) is 43.9 Å². The van der Waals surface area contributed by atoms with Crippen LogP contribution in [0.4, 0.5) is 0 Å². The maximum atomic E-state index is 5.82. The number of nitrogens with zero attached hydrogens (tertiary/aromatic N) is 1. The SMILES string of the molecule is COc1ccc(C(c2cccc(C)c2)N2CCCNCC2)c(OC)c1OC. The highest BCUT2D eigenvalue weighted by Gasteiger charge is 2.29. The predicted octanol–water partition coefficient (Wildman–Crippen LogP) is 3.41. The molecule has 0 saturated carbocycles. The van der Waals surface area contributed by atoms with Gasteiger partial charge in [-0.2, -0.15) is 0 Å². The van der Waals surface area contributed by atoms with Crippen LogP contribution in [0.2, 0.25) is 0 Å². The molecule has 1 aliphatic heterocycles. The van der Waals surface area contributed by atoms with E-state index >= 15 is 0 Å². The van der Waals surface area contributed by atoms with E-state index in [1.54, 1.807) is 21.3 Å². The summed E-state index contributed by atoms with van der Waals surface area (Å²) in [7, 11) is 5.00. The van der Waals surface area contributed by atoms with E-state index in [1.165, 1.54) is 11.1 Å². The molecule has 146 valence electrons. The molecule has 1 saturated heterocycles. The number of aryl methyl sites for hydroxylation is 1. The molecule has 27 heavy (non-hydrogen) atoms. The lowest BCUT2D eigenvalue weighted by atomic mass is 9.94. The maximum Gasteiger partial charge on any atom is 0.203 e. The van der Waals surface area contributed by atoms with Crippen molar-refractivity contribution in [2.45, 2.75) is 19.4 Å². The second kappa shape index (κ2) is 9.11. The average molecular weight is 370 g/mol. The number of ether oxygens (including phenoxy) is 3. The molecule has 1 N–H and O–H groups in total.